The summed E-state index contributed by atoms with van der Waals surface area (Å²) < 4.78 is 0. The summed E-state index contributed by atoms with van der Waals surface area (Å²) in [7, 11) is 0. The van der Waals surface area contributed by atoms with E-state index in [1.165, 1.54) is 4.88 Å². The van der Waals surface area contributed by atoms with E-state index in [4.69, 9.17) is 0 Å². The maximum Gasteiger partial charge on any atom is 0.201 e. The van der Waals surface area contributed by atoms with Crippen molar-refractivity contribution < 1.29 is 0 Å². The molecule has 1 fully saturated rings. The minimum atomic E-state index is 0.451. The van der Waals surface area contributed by atoms with Crippen LogP contribution in [-0.4, -0.2) is 43.1 Å². The number of piperidine rings is 1. The van der Waals surface area contributed by atoms with Crippen LogP contribution in [0, 0.1) is 0 Å². The molecule has 1 saturated heterocycles. The van der Waals surface area contributed by atoms with E-state index in [-0.39, 0.29) is 0 Å². The lowest BCUT2D eigenvalue weighted by Crippen LogP contribution is -2.32. The summed E-state index contributed by atoms with van der Waals surface area (Å²) in [6, 6.07) is 4.33. The van der Waals surface area contributed by atoms with Crippen LogP contribution in [0.4, 0.5) is 0 Å². The van der Waals surface area contributed by atoms with Crippen LogP contribution in [0.3, 0.4) is 0 Å². The van der Waals surface area contributed by atoms with Crippen molar-refractivity contribution >= 4 is 11.3 Å². The molecular formula is C16H18N6S. The second kappa shape index (κ2) is 6.55. The van der Waals surface area contributed by atoms with Gasteiger partial charge in [-0.25, -0.2) is 9.97 Å². The number of nitrogens with zero attached hydrogens (tertiary/aromatic N) is 5. The van der Waals surface area contributed by atoms with Crippen LogP contribution in [-0.2, 0) is 6.54 Å². The highest BCUT2D eigenvalue weighted by atomic mass is 32.1. The van der Waals surface area contributed by atoms with E-state index in [0.717, 1.165) is 38.3 Å². The first kappa shape index (κ1) is 14.5. The Bertz CT molecular complexity index is 731. The second-order valence-corrected chi connectivity index (χ2v) is 6.80. The number of likely N-dealkylation sites (tertiary alicyclic amines) is 1. The van der Waals surface area contributed by atoms with Crippen molar-refractivity contribution in [2.24, 2.45) is 0 Å². The Labute approximate surface area is 138 Å². The highest BCUT2D eigenvalue weighted by molar-refractivity contribution is 7.09. The molecule has 118 valence electrons. The summed E-state index contributed by atoms with van der Waals surface area (Å²) in [5, 5.41) is 9.52. The van der Waals surface area contributed by atoms with E-state index in [0.29, 0.717) is 17.4 Å². The molecule has 4 heterocycles. The Morgan fingerprint density at radius 3 is 2.91 bits per heavy atom. The molecule has 1 aliphatic rings. The molecule has 0 aromatic carbocycles. The molecule has 3 aromatic rings. The molecule has 0 unspecified atom stereocenters. The summed E-state index contributed by atoms with van der Waals surface area (Å²) in [6.07, 6.45) is 7.23. The van der Waals surface area contributed by atoms with Crippen LogP contribution in [0.1, 0.15) is 29.5 Å². The van der Waals surface area contributed by atoms with Crippen LogP contribution in [0.5, 0.6) is 0 Å². The quantitative estimate of drug-likeness (QED) is 0.798. The van der Waals surface area contributed by atoms with E-state index >= 15 is 0 Å². The Hall–Kier alpha value is -2.12. The Morgan fingerprint density at radius 2 is 2.17 bits per heavy atom. The molecule has 0 radical (unpaired) electrons. The maximum atomic E-state index is 4.62. The molecule has 7 heteroatoms. The number of hydrogen-bond donors (Lipinski definition) is 1. The average molecular weight is 326 g/mol. The molecule has 0 atom stereocenters. The molecular weight excluding hydrogens is 308 g/mol. The van der Waals surface area contributed by atoms with Gasteiger partial charge in [-0.05, 0) is 37.4 Å². The van der Waals surface area contributed by atoms with E-state index in [2.05, 4.69) is 47.6 Å². The molecule has 1 aliphatic heterocycles. The Morgan fingerprint density at radius 1 is 1.26 bits per heavy atom. The van der Waals surface area contributed by atoms with Crippen molar-refractivity contribution in [1.29, 1.82) is 0 Å². The zero-order valence-corrected chi connectivity index (χ0v) is 13.5. The zero-order chi connectivity index (χ0) is 15.5. The number of H-pyrrole nitrogens is 1. The first-order chi connectivity index (χ1) is 11.4. The summed E-state index contributed by atoms with van der Waals surface area (Å²) in [6.45, 7) is 3.26. The monoisotopic (exact) mass is 326 g/mol. The van der Waals surface area contributed by atoms with Gasteiger partial charge < -0.3 is 0 Å². The summed E-state index contributed by atoms with van der Waals surface area (Å²) in [4.78, 5) is 16.9. The average Bonchev–Trinajstić information content (AvgIpc) is 3.28. The van der Waals surface area contributed by atoms with Gasteiger partial charge in [-0.3, -0.25) is 15.0 Å². The molecule has 0 bridgehead atoms. The topological polar surface area (TPSA) is 70.6 Å². The molecule has 0 saturated carbocycles. The van der Waals surface area contributed by atoms with Gasteiger partial charge in [0, 0.05) is 29.7 Å². The molecule has 3 aromatic heterocycles. The van der Waals surface area contributed by atoms with Gasteiger partial charge >= 0.3 is 0 Å². The third kappa shape index (κ3) is 3.30. The van der Waals surface area contributed by atoms with Crippen LogP contribution >= 0.6 is 11.3 Å². The Kier molecular flexibility index (Phi) is 4.12. The van der Waals surface area contributed by atoms with Crippen LogP contribution in [0.25, 0.3) is 11.5 Å². The maximum absolute atomic E-state index is 4.62. The number of aromatic amines is 1. The fourth-order valence-electron chi connectivity index (χ4n) is 2.97. The standard InChI is InChI=1S/C16H18N6S/c1-2-13(23-9-1)11-22-7-3-12(4-8-22)15-19-16(21-20-15)14-10-17-5-6-18-14/h1-2,5-6,9-10,12H,3-4,7-8,11H2,(H,19,20,21). The number of aromatic nitrogens is 5. The van der Waals surface area contributed by atoms with E-state index < -0.39 is 0 Å². The Balaban J connectivity index is 1.38. The lowest BCUT2D eigenvalue weighted by Gasteiger charge is -2.30. The van der Waals surface area contributed by atoms with E-state index in [9.17, 15) is 0 Å². The third-order valence-electron chi connectivity index (χ3n) is 4.23. The molecule has 23 heavy (non-hydrogen) atoms. The number of hydrogen-bond acceptors (Lipinski definition) is 6. The van der Waals surface area contributed by atoms with Crippen molar-refractivity contribution in [2.75, 3.05) is 13.1 Å². The third-order valence-corrected chi connectivity index (χ3v) is 5.09. The largest absolute Gasteiger partial charge is 0.298 e. The van der Waals surface area contributed by atoms with Gasteiger partial charge in [0.15, 0.2) is 0 Å². The minimum Gasteiger partial charge on any atom is -0.298 e. The lowest BCUT2D eigenvalue weighted by molar-refractivity contribution is 0.203. The summed E-state index contributed by atoms with van der Waals surface area (Å²) in [5.41, 5.74) is 0.713. The SMILES string of the molecule is c1csc(CN2CCC(c3nc(-c4cnccn4)n[nH]3)CC2)c1. The molecule has 0 aliphatic carbocycles. The molecule has 1 N–H and O–H groups in total. The fraction of sp³-hybridized carbons (Fsp3) is 0.375. The molecule has 0 amide bonds. The lowest BCUT2D eigenvalue weighted by atomic mass is 9.96. The van der Waals surface area contributed by atoms with Crippen molar-refractivity contribution in [3.8, 4) is 11.5 Å². The number of thiophene rings is 1. The van der Waals surface area contributed by atoms with Crippen LogP contribution < -0.4 is 0 Å². The van der Waals surface area contributed by atoms with Gasteiger partial charge in [-0.1, -0.05) is 6.07 Å². The van der Waals surface area contributed by atoms with Crippen LogP contribution in [0.15, 0.2) is 36.1 Å². The van der Waals surface area contributed by atoms with Crippen molar-refractivity contribution in [1.82, 2.24) is 30.0 Å². The molecule has 6 nitrogen and oxygen atoms in total. The number of rotatable bonds is 4. The van der Waals surface area contributed by atoms with Crippen molar-refractivity contribution in [3.63, 3.8) is 0 Å². The molecule has 4 rings (SSSR count). The van der Waals surface area contributed by atoms with E-state index in [1.54, 1.807) is 18.6 Å². The summed E-state index contributed by atoms with van der Waals surface area (Å²) >= 11 is 1.83. The van der Waals surface area contributed by atoms with Gasteiger partial charge in [0.05, 0.1) is 6.20 Å². The first-order valence-corrected chi connectivity index (χ1v) is 8.70. The van der Waals surface area contributed by atoms with Gasteiger partial charge in [0.25, 0.3) is 0 Å². The smallest absolute Gasteiger partial charge is 0.201 e. The fourth-order valence-corrected chi connectivity index (χ4v) is 3.72. The highest BCUT2D eigenvalue weighted by Gasteiger charge is 2.23. The second-order valence-electron chi connectivity index (χ2n) is 5.76. The first-order valence-electron chi connectivity index (χ1n) is 7.82. The van der Waals surface area contributed by atoms with Crippen molar-refractivity contribution in [3.05, 3.63) is 46.8 Å². The predicted molar refractivity (Wildman–Crippen MR) is 89.0 cm³/mol. The predicted octanol–water partition coefficient (Wildman–Crippen LogP) is 2.70. The minimum absolute atomic E-state index is 0.451. The van der Waals surface area contributed by atoms with Gasteiger partial charge in [0.2, 0.25) is 5.82 Å². The number of nitrogens with one attached hydrogen (secondary N) is 1. The molecule has 0 spiro atoms. The normalized spacial score (nSPS) is 16.7. The highest BCUT2D eigenvalue weighted by Crippen LogP contribution is 2.27. The zero-order valence-electron chi connectivity index (χ0n) is 12.7. The van der Waals surface area contributed by atoms with Gasteiger partial charge in [0.1, 0.15) is 11.5 Å². The van der Waals surface area contributed by atoms with Gasteiger partial charge in [-0.2, -0.15) is 5.10 Å². The van der Waals surface area contributed by atoms with Gasteiger partial charge in [-0.15, -0.1) is 11.3 Å². The van der Waals surface area contributed by atoms with Crippen LogP contribution in [0.2, 0.25) is 0 Å². The van der Waals surface area contributed by atoms with Crippen molar-refractivity contribution in [2.45, 2.75) is 25.3 Å². The van der Waals surface area contributed by atoms with E-state index in [1.807, 2.05) is 11.3 Å². The summed E-state index contributed by atoms with van der Waals surface area (Å²) in [5.74, 6) is 2.06.